The first kappa shape index (κ1) is 25.1. The first-order chi connectivity index (χ1) is 16.1. The molecule has 2 N–H and O–H groups in total. The number of fused-ring (bicyclic) bond motifs is 1. The lowest BCUT2D eigenvalue weighted by atomic mass is 10.0. The van der Waals surface area contributed by atoms with Crippen LogP contribution < -0.4 is 10.6 Å². The van der Waals surface area contributed by atoms with Crippen molar-refractivity contribution in [3.8, 4) is 0 Å². The number of benzene rings is 1. The van der Waals surface area contributed by atoms with Gasteiger partial charge in [-0.1, -0.05) is 50.2 Å². The van der Waals surface area contributed by atoms with E-state index < -0.39 is 23.8 Å². The molecule has 1 aromatic carbocycles. The highest BCUT2D eigenvalue weighted by atomic mass is 16.6. The van der Waals surface area contributed by atoms with Crippen molar-refractivity contribution in [2.75, 3.05) is 12.4 Å². The molecule has 2 aromatic heterocycles. The minimum Gasteiger partial charge on any atom is -0.467 e. The van der Waals surface area contributed by atoms with Crippen LogP contribution in [0.1, 0.15) is 51.9 Å². The summed E-state index contributed by atoms with van der Waals surface area (Å²) in [4.78, 5) is 30.1. The molecule has 3 rings (SSSR count). The van der Waals surface area contributed by atoms with Crippen molar-refractivity contribution in [3.05, 3.63) is 66.0 Å². The van der Waals surface area contributed by atoms with Gasteiger partial charge in [-0.15, -0.1) is 0 Å². The smallest absolute Gasteiger partial charge is 0.408 e. The number of carbonyl (C=O) groups is 2. The first-order valence-corrected chi connectivity index (χ1v) is 11.4. The second kappa shape index (κ2) is 10.6. The zero-order valence-electron chi connectivity index (χ0n) is 20.7. The van der Waals surface area contributed by atoms with Gasteiger partial charge in [0.1, 0.15) is 28.8 Å². The average Bonchev–Trinajstić information content (AvgIpc) is 3.14. The van der Waals surface area contributed by atoms with Gasteiger partial charge in [-0.3, -0.25) is 4.40 Å². The molecule has 2 atom stereocenters. The van der Waals surface area contributed by atoms with E-state index in [0.29, 0.717) is 23.6 Å². The van der Waals surface area contributed by atoms with Crippen LogP contribution in [0.4, 0.5) is 10.6 Å². The van der Waals surface area contributed by atoms with E-state index in [-0.39, 0.29) is 11.9 Å². The lowest BCUT2D eigenvalue weighted by Gasteiger charge is -2.25. The Balaban J connectivity index is 2.08. The summed E-state index contributed by atoms with van der Waals surface area (Å²) in [6.07, 6.45) is 1.82. The largest absolute Gasteiger partial charge is 0.467 e. The number of nitrogens with zero attached hydrogens (tertiary/aromatic N) is 2. The molecule has 0 fully saturated rings. The van der Waals surface area contributed by atoms with Gasteiger partial charge in [-0.2, -0.15) is 0 Å². The van der Waals surface area contributed by atoms with Gasteiger partial charge in [-0.05, 0) is 50.8 Å². The van der Waals surface area contributed by atoms with Gasteiger partial charge in [0.05, 0.1) is 13.2 Å². The number of pyridine rings is 1. The number of anilines is 1. The first-order valence-electron chi connectivity index (χ1n) is 11.4. The van der Waals surface area contributed by atoms with E-state index in [0.717, 1.165) is 5.56 Å². The Morgan fingerprint density at radius 3 is 2.35 bits per heavy atom. The van der Waals surface area contributed by atoms with Gasteiger partial charge in [-0.25, -0.2) is 14.6 Å². The number of hydrogen-bond acceptors (Lipinski definition) is 6. The summed E-state index contributed by atoms with van der Waals surface area (Å²) >= 11 is 0. The van der Waals surface area contributed by atoms with Crippen LogP contribution in [0.5, 0.6) is 0 Å². The summed E-state index contributed by atoms with van der Waals surface area (Å²) in [5, 5.41) is 6.33. The van der Waals surface area contributed by atoms with Crippen LogP contribution in [0, 0.1) is 5.92 Å². The number of alkyl carbamates (subject to hydrolysis) is 1. The number of esters is 1. The fraction of sp³-hybridized carbons (Fsp3) is 0.423. The van der Waals surface area contributed by atoms with E-state index in [1.807, 2.05) is 93.7 Å². The third kappa shape index (κ3) is 6.27. The molecule has 0 saturated carbocycles. The molecule has 0 bridgehead atoms. The topological polar surface area (TPSA) is 94.0 Å². The van der Waals surface area contributed by atoms with E-state index in [1.165, 1.54) is 7.11 Å². The Morgan fingerprint density at radius 1 is 1.06 bits per heavy atom. The number of nitrogens with one attached hydrogen (secondary N) is 2. The molecule has 3 aromatic rings. The minimum atomic E-state index is -0.644. The molecule has 34 heavy (non-hydrogen) atoms. The van der Waals surface area contributed by atoms with Gasteiger partial charge in [0.25, 0.3) is 0 Å². The molecule has 0 saturated heterocycles. The van der Waals surface area contributed by atoms with Crippen LogP contribution in [0.2, 0.25) is 0 Å². The molecular formula is C26H34N4O4. The molecule has 182 valence electrons. The molecular weight excluding hydrogens is 432 g/mol. The van der Waals surface area contributed by atoms with Crippen molar-refractivity contribution in [2.45, 2.75) is 58.7 Å². The van der Waals surface area contributed by atoms with E-state index in [4.69, 9.17) is 14.5 Å². The van der Waals surface area contributed by atoms with Crippen molar-refractivity contribution < 1.29 is 19.1 Å². The van der Waals surface area contributed by atoms with Gasteiger partial charge in [0.15, 0.2) is 0 Å². The second-order valence-electron chi connectivity index (χ2n) is 9.55. The zero-order chi connectivity index (χ0) is 24.9. The number of amides is 1. The molecule has 0 radical (unpaired) electrons. The lowest BCUT2D eigenvalue weighted by molar-refractivity contribution is -0.142. The molecule has 8 nitrogen and oxygen atoms in total. The summed E-state index contributed by atoms with van der Waals surface area (Å²) in [6.45, 7) is 9.34. The molecule has 8 heteroatoms. The van der Waals surface area contributed by atoms with Gasteiger partial charge < -0.3 is 20.1 Å². The quantitative estimate of drug-likeness (QED) is 0.465. The molecule has 0 spiro atoms. The molecule has 0 aliphatic heterocycles. The Labute approximate surface area is 200 Å². The predicted octanol–water partition coefficient (Wildman–Crippen LogP) is 4.75. The number of carbonyl (C=O) groups excluding carboxylic acids is 2. The molecule has 0 aliphatic carbocycles. The number of rotatable bonds is 8. The Hall–Kier alpha value is -3.55. The number of imidazole rings is 1. The summed E-state index contributed by atoms with van der Waals surface area (Å²) < 4.78 is 12.4. The number of hydrogen-bond donors (Lipinski definition) is 2. The Morgan fingerprint density at radius 2 is 1.74 bits per heavy atom. The van der Waals surface area contributed by atoms with E-state index >= 15 is 0 Å². The highest BCUT2D eigenvalue weighted by molar-refractivity contribution is 5.80. The maximum atomic E-state index is 12.8. The highest BCUT2D eigenvalue weighted by Gasteiger charge is 2.30. The average molecular weight is 467 g/mol. The van der Waals surface area contributed by atoms with E-state index in [2.05, 4.69) is 10.6 Å². The Kier molecular flexibility index (Phi) is 7.81. The van der Waals surface area contributed by atoms with Crippen LogP contribution in [0.3, 0.4) is 0 Å². The molecule has 2 unspecified atom stereocenters. The number of ether oxygens (including phenoxy) is 2. The van der Waals surface area contributed by atoms with Crippen LogP contribution >= 0.6 is 0 Å². The minimum absolute atomic E-state index is 0.0408. The second-order valence-corrected chi connectivity index (χ2v) is 9.55. The van der Waals surface area contributed by atoms with Crippen molar-refractivity contribution in [2.24, 2.45) is 5.92 Å². The van der Waals surface area contributed by atoms with Gasteiger partial charge in [0.2, 0.25) is 0 Å². The van der Waals surface area contributed by atoms with Crippen molar-refractivity contribution >= 4 is 23.5 Å². The molecule has 2 heterocycles. The molecule has 1 amide bonds. The van der Waals surface area contributed by atoms with Crippen molar-refractivity contribution in [1.29, 1.82) is 0 Å². The Bertz CT molecular complexity index is 1120. The number of methoxy groups -OCH3 is 1. The third-order valence-electron chi connectivity index (χ3n) is 5.27. The van der Waals surface area contributed by atoms with E-state index in [1.54, 1.807) is 0 Å². The van der Waals surface area contributed by atoms with Crippen LogP contribution in [0.25, 0.3) is 5.65 Å². The van der Waals surface area contributed by atoms with Gasteiger partial charge in [0, 0.05) is 6.20 Å². The maximum Gasteiger partial charge on any atom is 0.408 e. The SMILES string of the molecule is COC(=O)C(Nc1c(C(Cc2ccccc2)NC(=O)OC(C)(C)C)nc2ccccn12)C(C)C. The molecule has 0 aliphatic rings. The lowest BCUT2D eigenvalue weighted by Crippen LogP contribution is -2.38. The van der Waals surface area contributed by atoms with Crippen molar-refractivity contribution in [1.82, 2.24) is 14.7 Å². The predicted molar refractivity (Wildman–Crippen MR) is 132 cm³/mol. The summed E-state index contributed by atoms with van der Waals surface area (Å²) in [5.74, 6) is 0.212. The van der Waals surface area contributed by atoms with Gasteiger partial charge >= 0.3 is 12.1 Å². The fourth-order valence-corrected chi connectivity index (χ4v) is 3.69. The van der Waals surface area contributed by atoms with Crippen LogP contribution in [-0.2, 0) is 20.7 Å². The van der Waals surface area contributed by atoms with Crippen LogP contribution in [-0.4, -0.2) is 40.2 Å². The normalized spacial score (nSPS) is 13.4. The summed E-state index contributed by atoms with van der Waals surface area (Å²) in [5.41, 5.74) is 1.68. The monoisotopic (exact) mass is 466 g/mol. The summed E-state index contributed by atoms with van der Waals surface area (Å²) in [6, 6.07) is 14.4. The van der Waals surface area contributed by atoms with E-state index in [9.17, 15) is 9.59 Å². The maximum absolute atomic E-state index is 12.8. The number of aromatic nitrogens is 2. The highest BCUT2D eigenvalue weighted by Crippen LogP contribution is 2.29. The fourth-order valence-electron chi connectivity index (χ4n) is 3.69. The zero-order valence-corrected chi connectivity index (χ0v) is 20.7. The standard InChI is InChI=1S/C26H34N4O4/c1-17(2)21(24(31)33-6)29-23-22(28-20-14-10-11-15-30(20)23)19(16-18-12-8-7-9-13-18)27-25(32)34-26(3,4)5/h7-15,17,19,21,29H,16H2,1-6H3,(H,27,32). The van der Waals surface area contributed by atoms with Crippen molar-refractivity contribution in [3.63, 3.8) is 0 Å². The summed E-state index contributed by atoms with van der Waals surface area (Å²) in [7, 11) is 1.37. The van der Waals surface area contributed by atoms with Crippen LogP contribution in [0.15, 0.2) is 54.7 Å². The third-order valence-corrected chi connectivity index (χ3v) is 5.27.